The molecular formula is C12H11NO4S. The van der Waals surface area contributed by atoms with E-state index in [1.54, 1.807) is 6.07 Å². The van der Waals surface area contributed by atoms with E-state index in [0.29, 0.717) is 11.5 Å². The Morgan fingerprint density at radius 3 is 2.50 bits per heavy atom. The molecule has 1 N–H and O–H groups in total. The summed E-state index contributed by atoms with van der Waals surface area (Å²) in [5.41, 5.74) is 0.855. The molecule has 6 heteroatoms. The maximum atomic E-state index is 10.4. The second-order valence-electron chi connectivity index (χ2n) is 3.59. The summed E-state index contributed by atoms with van der Waals surface area (Å²) in [5, 5.41) is 19.3. The third kappa shape index (κ3) is 3.12. The summed E-state index contributed by atoms with van der Waals surface area (Å²) in [6.07, 6.45) is 0. The summed E-state index contributed by atoms with van der Waals surface area (Å²) in [7, 11) is 0. The van der Waals surface area contributed by atoms with Crippen LogP contribution in [0.1, 0.15) is 11.3 Å². The second kappa shape index (κ2) is 5.70. The third-order valence-electron chi connectivity index (χ3n) is 2.31. The number of furan rings is 1. The van der Waals surface area contributed by atoms with Crippen LogP contribution in [0.4, 0.5) is 5.88 Å². The van der Waals surface area contributed by atoms with Crippen molar-refractivity contribution in [3.8, 4) is 0 Å². The van der Waals surface area contributed by atoms with E-state index in [4.69, 9.17) is 9.52 Å². The van der Waals surface area contributed by atoms with Crippen LogP contribution in [0.25, 0.3) is 0 Å². The lowest BCUT2D eigenvalue weighted by atomic mass is 10.2. The molecule has 94 valence electrons. The zero-order chi connectivity index (χ0) is 13.0. The van der Waals surface area contributed by atoms with E-state index in [1.807, 2.05) is 24.3 Å². The van der Waals surface area contributed by atoms with Gasteiger partial charge in [-0.1, -0.05) is 12.1 Å². The lowest BCUT2D eigenvalue weighted by Crippen LogP contribution is -1.83. The van der Waals surface area contributed by atoms with Crippen molar-refractivity contribution in [2.45, 2.75) is 17.3 Å². The van der Waals surface area contributed by atoms with Gasteiger partial charge >= 0.3 is 5.88 Å². The fraction of sp³-hybridized carbons (Fsp3) is 0.167. The first kappa shape index (κ1) is 12.7. The van der Waals surface area contributed by atoms with Crippen LogP contribution in [0.15, 0.2) is 45.7 Å². The molecule has 0 spiro atoms. The van der Waals surface area contributed by atoms with Crippen molar-refractivity contribution in [1.82, 2.24) is 0 Å². The Bertz CT molecular complexity index is 535. The molecule has 0 aliphatic heterocycles. The number of benzene rings is 1. The maximum Gasteiger partial charge on any atom is 0.433 e. The van der Waals surface area contributed by atoms with Gasteiger partial charge in [0.05, 0.1) is 18.4 Å². The van der Waals surface area contributed by atoms with Gasteiger partial charge in [0, 0.05) is 4.90 Å². The molecule has 0 aliphatic carbocycles. The molecule has 0 aliphatic rings. The number of hydrogen-bond acceptors (Lipinski definition) is 5. The summed E-state index contributed by atoms with van der Waals surface area (Å²) in [6, 6.07) is 10.4. The minimum atomic E-state index is -0.551. The first-order chi connectivity index (χ1) is 8.69. The van der Waals surface area contributed by atoms with Gasteiger partial charge in [0.2, 0.25) is 0 Å². The molecule has 2 rings (SSSR count). The fourth-order valence-corrected chi connectivity index (χ4v) is 2.18. The number of thioether (sulfide) groups is 1. The highest BCUT2D eigenvalue weighted by Gasteiger charge is 2.11. The van der Waals surface area contributed by atoms with Gasteiger partial charge in [-0.2, -0.15) is 0 Å². The summed E-state index contributed by atoms with van der Waals surface area (Å²) in [5.74, 6) is 0.867. The molecule has 0 saturated carbocycles. The van der Waals surface area contributed by atoms with Crippen LogP contribution in [0.3, 0.4) is 0 Å². The number of rotatable bonds is 5. The molecule has 1 heterocycles. The van der Waals surface area contributed by atoms with Crippen molar-refractivity contribution in [3.63, 3.8) is 0 Å². The molecular weight excluding hydrogens is 254 g/mol. The van der Waals surface area contributed by atoms with E-state index in [2.05, 4.69) is 0 Å². The number of nitrogens with zero attached hydrogens (tertiary/aromatic N) is 1. The Morgan fingerprint density at radius 2 is 1.94 bits per heavy atom. The average molecular weight is 265 g/mol. The molecule has 0 radical (unpaired) electrons. The van der Waals surface area contributed by atoms with Crippen LogP contribution in [0.2, 0.25) is 0 Å². The molecule has 18 heavy (non-hydrogen) atoms. The first-order valence-electron chi connectivity index (χ1n) is 5.25. The SMILES string of the molecule is O=[N+]([O-])c1ccc(CSc2ccc(CO)cc2)o1. The topological polar surface area (TPSA) is 76.5 Å². The average Bonchev–Trinajstić information content (AvgIpc) is 2.86. The van der Waals surface area contributed by atoms with Gasteiger partial charge in [-0.15, -0.1) is 11.8 Å². The van der Waals surface area contributed by atoms with E-state index in [9.17, 15) is 10.1 Å². The van der Waals surface area contributed by atoms with E-state index in [-0.39, 0.29) is 12.5 Å². The Kier molecular flexibility index (Phi) is 4.01. The number of hydrogen-bond donors (Lipinski definition) is 1. The maximum absolute atomic E-state index is 10.4. The quantitative estimate of drug-likeness (QED) is 0.511. The predicted octanol–water partition coefficient (Wildman–Crippen LogP) is 2.97. The van der Waals surface area contributed by atoms with Gasteiger partial charge in [-0.3, -0.25) is 10.1 Å². The summed E-state index contributed by atoms with van der Waals surface area (Å²) in [6.45, 7) is 0.0231. The van der Waals surface area contributed by atoms with Gasteiger partial charge in [0.15, 0.2) is 0 Å². The predicted molar refractivity (Wildman–Crippen MR) is 67.3 cm³/mol. The first-order valence-corrected chi connectivity index (χ1v) is 6.23. The lowest BCUT2D eigenvalue weighted by molar-refractivity contribution is -0.402. The highest BCUT2D eigenvalue weighted by molar-refractivity contribution is 7.98. The molecule has 5 nitrogen and oxygen atoms in total. The molecule has 0 saturated heterocycles. The number of nitro groups is 1. The summed E-state index contributed by atoms with van der Waals surface area (Å²) < 4.78 is 5.05. The van der Waals surface area contributed by atoms with Gasteiger partial charge < -0.3 is 9.52 Å². The van der Waals surface area contributed by atoms with Crippen LogP contribution >= 0.6 is 11.8 Å². The van der Waals surface area contributed by atoms with Crippen molar-refractivity contribution in [2.24, 2.45) is 0 Å². The summed E-state index contributed by atoms with van der Waals surface area (Å²) in [4.78, 5) is 10.9. The van der Waals surface area contributed by atoms with Crippen LogP contribution in [0, 0.1) is 10.1 Å². The monoisotopic (exact) mass is 265 g/mol. The second-order valence-corrected chi connectivity index (χ2v) is 4.64. The molecule has 0 fully saturated rings. The molecule has 0 bridgehead atoms. The minimum absolute atomic E-state index is 0.0231. The molecule has 0 unspecified atom stereocenters. The normalized spacial score (nSPS) is 10.5. The smallest absolute Gasteiger partial charge is 0.405 e. The van der Waals surface area contributed by atoms with Crippen molar-refractivity contribution in [1.29, 1.82) is 0 Å². The number of aliphatic hydroxyl groups is 1. The molecule has 0 amide bonds. The van der Waals surface area contributed by atoms with Crippen LogP contribution in [-0.2, 0) is 12.4 Å². The van der Waals surface area contributed by atoms with Gasteiger partial charge in [0.25, 0.3) is 0 Å². The highest BCUT2D eigenvalue weighted by Crippen LogP contribution is 2.25. The summed E-state index contributed by atoms with van der Waals surface area (Å²) >= 11 is 1.52. The zero-order valence-corrected chi connectivity index (χ0v) is 10.2. The van der Waals surface area contributed by atoms with Crippen molar-refractivity contribution < 1.29 is 14.4 Å². The van der Waals surface area contributed by atoms with E-state index < -0.39 is 4.92 Å². The Balaban J connectivity index is 1.95. The fourth-order valence-electron chi connectivity index (χ4n) is 1.39. The van der Waals surface area contributed by atoms with Crippen LogP contribution < -0.4 is 0 Å². The van der Waals surface area contributed by atoms with Crippen LogP contribution in [-0.4, -0.2) is 10.0 Å². The van der Waals surface area contributed by atoms with Crippen molar-refractivity contribution in [3.05, 3.63) is 57.8 Å². The molecule has 0 atom stereocenters. The van der Waals surface area contributed by atoms with Crippen molar-refractivity contribution in [2.75, 3.05) is 0 Å². The largest absolute Gasteiger partial charge is 0.433 e. The Labute approximate surface area is 108 Å². The van der Waals surface area contributed by atoms with E-state index in [1.165, 1.54) is 17.8 Å². The minimum Gasteiger partial charge on any atom is -0.405 e. The van der Waals surface area contributed by atoms with Gasteiger partial charge in [-0.25, -0.2) is 0 Å². The van der Waals surface area contributed by atoms with E-state index in [0.717, 1.165) is 10.5 Å². The molecule has 2 aromatic rings. The zero-order valence-electron chi connectivity index (χ0n) is 9.41. The van der Waals surface area contributed by atoms with Crippen molar-refractivity contribution >= 4 is 17.6 Å². The standard InChI is InChI=1S/C12H11NO4S/c14-7-9-1-4-11(5-2-9)18-8-10-3-6-12(17-10)13(15)16/h1-6,14H,7-8H2. The molecule has 1 aromatic heterocycles. The van der Waals surface area contributed by atoms with Gasteiger partial charge in [-0.05, 0) is 23.8 Å². The van der Waals surface area contributed by atoms with Crippen LogP contribution in [0.5, 0.6) is 0 Å². The number of aliphatic hydroxyl groups excluding tert-OH is 1. The third-order valence-corrected chi connectivity index (χ3v) is 3.35. The Hall–Kier alpha value is -1.79. The molecule has 1 aromatic carbocycles. The van der Waals surface area contributed by atoms with Gasteiger partial charge in [0.1, 0.15) is 10.7 Å². The lowest BCUT2D eigenvalue weighted by Gasteiger charge is -2.00. The Morgan fingerprint density at radius 1 is 1.22 bits per heavy atom. The van der Waals surface area contributed by atoms with E-state index >= 15 is 0 Å². The highest BCUT2D eigenvalue weighted by atomic mass is 32.2.